The second-order valence-corrected chi connectivity index (χ2v) is 3.55. The molecule has 1 rings (SSSR count). The van der Waals surface area contributed by atoms with Crippen LogP contribution in [0.2, 0.25) is 0 Å². The molecule has 0 heterocycles. The van der Waals surface area contributed by atoms with Gasteiger partial charge in [-0.3, -0.25) is 4.99 Å². The van der Waals surface area contributed by atoms with Crippen molar-refractivity contribution in [3.8, 4) is 0 Å². The standard InChI is InChI=1S/C9H18N2/c1-3-7(2)6-11-9(10)8-4-5-8/h7-8H,3-6H2,1-2H3,(H2,10,11). The quantitative estimate of drug-likeness (QED) is 0.486. The van der Waals surface area contributed by atoms with E-state index in [1.165, 1.54) is 19.3 Å². The number of hydrogen-bond donors (Lipinski definition) is 1. The van der Waals surface area contributed by atoms with Gasteiger partial charge in [0.25, 0.3) is 0 Å². The van der Waals surface area contributed by atoms with Crippen LogP contribution in [0.5, 0.6) is 0 Å². The van der Waals surface area contributed by atoms with E-state index in [1.54, 1.807) is 0 Å². The van der Waals surface area contributed by atoms with E-state index in [1.807, 2.05) is 0 Å². The Bertz CT molecular complexity index is 148. The molecular weight excluding hydrogens is 136 g/mol. The van der Waals surface area contributed by atoms with Gasteiger partial charge >= 0.3 is 0 Å². The van der Waals surface area contributed by atoms with Crippen molar-refractivity contribution in [3.63, 3.8) is 0 Å². The Morgan fingerprint density at radius 3 is 2.73 bits per heavy atom. The summed E-state index contributed by atoms with van der Waals surface area (Å²) in [5, 5.41) is 0. The molecular formula is C9H18N2. The lowest BCUT2D eigenvalue weighted by atomic mass is 10.1. The molecule has 0 saturated heterocycles. The number of hydrogen-bond acceptors (Lipinski definition) is 1. The van der Waals surface area contributed by atoms with E-state index in [4.69, 9.17) is 5.73 Å². The molecule has 0 aliphatic heterocycles. The fourth-order valence-electron chi connectivity index (χ4n) is 0.899. The Morgan fingerprint density at radius 1 is 1.64 bits per heavy atom. The fourth-order valence-corrected chi connectivity index (χ4v) is 0.899. The van der Waals surface area contributed by atoms with E-state index >= 15 is 0 Å². The lowest BCUT2D eigenvalue weighted by Crippen LogP contribution is -2.15. The molecule has 0 bridgehead atoms. The van der Waals surface area contributed by atoms with E-state index in [9.17, 15) is 0 Å². The minimum atomic E-state index is 0.638. The van der Waals surface area contributed by atoms with Gasteiger partial charge in [0.05, 0.1) is 5.84 Å². The van der Waals surface area contributed by atoms with Gasteiger partial charge in [0.1, 0.15) is 0 Å². The van der Waals surface area contributed by atoms with Gasteiger partial charge in [-0.15, -0.1) is 0 Å². The zero-order valence-electron chi connectivity index (χ0n) is 7.51. The van der Waals surface area contributed by atoms with Crippen LogP contribution >= 0.6 is 0 Å². The number of rotatable bonds is 4. The van der Waals surface area contributed by atoms with Crippen molar-refractivity contribution in [3.05, 3.63) is 0 Å². The van der Waals surface area contributed by atoms with Crippen LogP contribution in [-0.2, 0) is 0 Å². The van der Waals surface area contributed by atoms with Crippen molar-refractivity contribution < 1.29 is 0 Å². The first-order chi connectivity index (χ1) is 5.24. The van der Waals surface area contributed by atoms with Gasteiger partial charge in [-0.05, 0) is 18.8 Å². The molecule has 1 atom stereocenters. The second kappa shape index (κ2) is 3.74. The monoisotopic (exact) mass is 154 g/mol. The molecule has 1 saturated carbocycles. The third kappa shape index (κ3) is 2.91. The Morgan fingerprint density at radius 2 is 2.27 bits per heavy atom. The number of amidine groups is 1. The average molecular weight is 154 g/mol. The third-order valence-electron chi connectivity index (χ3n) is 2.28. The van der Waals surface area contributed by atoms with Crippen LogP contribution in [0.15, 0.2) is 4.99 Å². The van der Waals surface area contributed by atoms with Crippen LogP contribution in [0.25, 0.3) is 0 Å². The molecule has 0 amide bonds. The molecule has 1 unspecified atom stereocenters. The largest absolute Gasteiger partial charge is 0.387 e. The highest BCUT2D eigenvalue weighted by Gasteiger charge is 2.25. The first kappa shape index (κ1) is 8.57. The molecule has 2 nitrogen and oxygen atoms in total. The molecule has 0 aromatic rings. The Kier molecular flexibility index (Phi) is 2.92. The maximum absolute atomic E-state index is 5.73. The van der Waals surface area contributed by atoms with Gasteiger partial charge in [-0.25, -0.2) is 0 Å². The fraction of sp³-hybridized carbons (Fsp3) is 0.889. The molecule has 0 aromatic heterocycles. The van der Waals surface area contributed by atoms with Crippen molar-refractivity contribution in [1.29, 1.82) is 0 Å². The lowest BCUT2D eigenvalue weighted by Gasteiger charge is -2.04. The van der Waals surface area contributed by atoms with E-state index in [0.717, 1.165) is 12.4 Å². The number of aliphatic imine (C=N–C) groups is 1. The van der Waals surface area contributed by atoms with Crippen LogP contribution < -0.4 is 5.73 Å². The highest BCUT2D eigenvalue weighted by atomic mass is 14.9. The summed E-state index contributed by atoms with van der Waals surface area (Å²) in [7, 11) is 0. The zero-order valence-corrected chi connectivity index (χ0v) is 7.51. The van der Waals surface area contributed by atoms with Crippen molar-refractivity contribution in [2.24, 2.45) is 22.6 Å². The van der Waals surface area contributed by atoms with Gasteiger partial charge in [0, 0.05) is 12.5 Å². The van der Waals surface area contributed by atoms with E-state index in [-0.39, 0.29) is 0 Å². The summed E-state index contributed by atoms with van der Waals surface area (Å²) in [6.07, 6.45) is 3.72. The maximum Gasteiger partial charge on any atom is 0.0968 e. The van der Waals surface area contributed by atoms with Crippen molar-refractivity contribution in [2.75, 3.05) is 6.54 Å². The summed E-state index contributed by atoms with van der Waals surface area (Å²) in [4.78, 5) is 4.35. The minimum Gasteiger partial charge on any atom is -0.387 e. The first-order valence-electron chi connectivity index (χ1n) is 4.53. The highest BCUT2D eigenvalue weighted by molar-refractivity contribution is 5.84. The topological polar surface area (TPSA) is 38.4 Å². The van der Waals surface area contributed by atoms with Crippen molar-refractivity contribution in [2.45, 2.75) is 33.1 Å². The maximum atomic E-state index is 5.73. The van der Waals surface area contributed by atoms with Gasteiger partial charge in [-0.1, -0.05) is 20.3 Å². The number of nitrogens with two attached hydrogens (primary N) is 1. The van der Waals surface area contributed by atoms with Gasteiger partial charge in [0.15, 0.2) is 0 Å². The Balaban J connectivity index is 2.21. The first-order valence-corrected chi connectivity index (χ1v) is 4.53. The summed E-state index contributed by atoms with van der Waals surface area (Å²) in [5.41, 5.74) is 5.73. The van der Waals surface area contributed by atoms with Crippen molar-refractivity contribution in [1.82, 2.24) is 0 Å². The summed E-state index contributed by atoms with van der Waals surface area (Å²) >= 11 is 0. The van der Waals surface area contributed by atoms with Gasteiger partial charge < -0.3 is 5.73 Å². The molecule has 64 valence electrons. The summed E-state index contributed by atoms with van der Waals surface area (Å²) in [6.45, 7) is 5.32. The molecule has 1 fully saturated rings. The molecule has 0 spiro atoms. The van der Waals surface area contributed by atoms with Crippen LogP contribution in [-0.4, -0.2) is 12.4 Å². The predicted octanol–water partition coefficient (Wildman–Crippen LogP) is 1.80. The molecule has 1 aliphatic rings. The summed E-state index contributed by atoms with van der Waals surface area (Å²) in [6, 6.07) is 0. The molecule has 11 heavy (non-hydrogen) atoms. The SMILES string of the molecule is CCC(C)CN=C(N)C1CC1. The van der Waals surface area contributed by atoms with Crippen molar-refractivity contribution >= 4 is 5.84 Å². The number of nitrogens with zero attached hydrogens (tertiary/aromatic N) is 1. The third-order valence-corrected chi connectivity index (χ3v) is 2.28. The molecule has 1 aliphatic carbocycles. The Hall–Kier alpha value is -0.530. The highest BCUT2D eigenvalue weighted by Crippen LogP contribution is 2.28. The molecule has 0 radical (unpaired) electrons. The molecule has 2 N–H and O–H groups in total. The van der Waals surface area contributed by atoms with E-state index < -0.39 is 0 Å². The van der Waals surface area contributed by atoms with Gasteiger partial charge in [0.2, 0.25) is 0 Å². The summed E-state index contributed by atoms with van der Waals surface area (Å²) in [5.74, 6) is 2.22. The van der Waals surface area contributed by atoms with E-state index in [2.05, 4.69) is 18.8 Å². The van der Waals surface area contributed by atoms with Crippen LogP contribution in [0, 0.1) is 11.8 Å². The second-order valence-electron chi connectivity index (χ2n) is 3.55. The van der Waals surface area contributed by atoms with E-state index in [0.29, 0.717) is 11.8 Å². The average Bonchev–Trinajstić information content (AvgIpc) is 2.81. The normalized spacial score (nSPS) is 21.8. The Labute approximate surface area is 68.9 Å². The van der Waals surface area contributed by atoms with Crippen LogP contribution in [0.1, 0.15) is 33.1 Å². The zero-order chi connectivity index (χ0) is 8.27. The van der Waals surface area contributed by atoms with Crippen LogP contribution in [0.4, 0.5) is 0 Å². The molecule has 0 aromatic carbocycles. The van der Waals surface area contributed by atoms with Crippen LogP contribution in [0.3, 0.4) is 0 Å². The smallest absolute Gasteiger partial charge is 0.0968 e. The predicted molar refractivity (Wildman–Crippen MR) is 48.7 cm³/mol. The minimum absolute atomic E-state index is 0.638. The van der Waals surface area contributed by atoms with Gasteiger partial charge in [-0.2, -0.15) is 0 Å². The molecule has 2 heteroatoms. The lowest BCUT2D eigenvalue weighted by molar-refractivity contribution is 0.575. The summed E-state index contributed by atoms with van der Waals surface area (Å²) < 4.78 is 0.